The molecule has 0 atom stereocenters. The molecule has 1 aromatic rings. The number of rotatable bonds is 2. The molecule has 0 bridgehead atoms. The summed E-state index contributed by atoms with van der Waals surface area (Å²) in [7, 11) is 0. The highest BCUT2D eigenvalue weighted by Gasteiger charge is 2.22. The summed E-state index contributed by atoms with van der Waals surface area (Å²) in [4.78, 5) is 2.41. The van der Waals surface area contributed by atoms with Crippen LogP contribution in [0.2, 0.25) is 0 Å². The second kappa shape index (κ2) is 5.89. The molecule has 0 aromatic heterocycles. The fourth-order valence-electron chi connectivity index (χ4n) is 1.94. The minimum Gasteiger partial charge on any atom is -0.285 e. The lowest BCUT2D eigenvalue weighted by molar-refractivity contribution is 0.118. The number of benzene rings is 1. The quantitative estimate of drug-likeness (QED) is 0.701. The molecule has 1 aromatic carbocycles. The Morgan fingerprint density at radius 2 is 1.71 bits per heavy atom. The van der Waals surface area contributed by atoms with Crippen LogP contribution in [-0.2, 0) is 0 Å². The van der Waals surface area contributed by atoms with E-state index < -0.39 is 0 Å². The van der Waals surface area contributed by atoms with E-state index in [9.17, 15) is 0 Å². The van der Waals surface area contributed by atoms with Crippen molar-refractivity contribution in [3.8, 4) is 11.8 Å². The molecule has 0 aliphatic carbocycles. The van der Waals surface area contributed by atoms with Crippen molar-refractivity contribution in [2.24, 2.45) is 0 Å². The average molecular weight is 229 g/mol. The van der Waals surface area contributed by atoms with Gasteiger partial charge < -0.3 is 0 Å². The molecule has 0 heterocycles. The van der Waals surface area contributed by atoms with Gasteiger partial charge in [-0.15, -0.1) is 0 Å². The second-order valence-electron chi connectivity index (χ2n) is 5.56. The Morgan fingerprint density at radius 1 is 1.12 bits per heavy atom. The third kappa shape index (κ3) is 4.63. The summed E-state index contributed by atoms with van der Waals surface area (Å²) < 4.78 is 0. The topological polar surface area (TPSA) is 3.24 Å². The van der Waals surface area contributed by atoms with Crippen LogP contribution in [0.3, 0.4) is 0 Å². The van der Waals surface area contributed by atoms with Crippen LogP contribution in [-0.4, -0.2) is 23.0 Å². The molecular formula is C16H23N. The maximum atomic E-state index is 3.27. The summed E-state index contributed by atoms with van der Waals surface area (Å²) in [6.07, 6.45) is 0. The van der Waals surface area contributed by atoms with Crippen molar-refractivity contribution in [2.75, 3.05) is 6.54 Å². The standard InChI is InChI=1S/C16H23N/c1-14(2)17(16(3,4)5)13-9-12-15-10-7-6-8-11-15/h6-8,10-11,14H,13H2,1-5H3. The van der Waals surface area contributed by atoms with Crippen molar-refractivity contribution >= 4 is 0 Å². The van der Waals surface area contributed by atoms with Crippen LogP contribution in [0.25, 0.3) is 0 Å². The summed E-state index contributed by atoms with van der Waals surface area (Å²) in [5, 5.41) is 0. The van der Waals surface area contributed by atoms with Gasteiger partial charge in [0.25, 0.3) is 0 Å². The molecule has 17 heavy (non-hydrogen) atoms. The van der Waals surface area contributed by atoms with E-state index in [1.807, 2.05) is 30.3 Å². The molecular weight excluding hydrogens is 206 g/mol. The lowest BCUT2D eigenvalue weighted by atomic mass is 10.0. The van der Waals surface area contributed by atoms with Crippen molar-refractivity contribution < 1.29 is 0 Å². The van der Waals surface area contributed by atoms with Gasteiger partial charge in [-0.3, -0.25) is 4.90 Å². The third-order valence-corrected chi connectivity index (χ3v) is 2.74. The molecule has 0 saturated carbocycles. The van der Waals surface area contributed by atoms with Crippen LogP contribution in [0.5, 0.6) is 0 Å². The first kappa shape index (κ1) is 13.8. The first-order valence-corrected chi connectivity index (χ1v) is 6.22. The first-order valence-electron chi connectivity index (χ1n) is 6.22. The monoisotopic (exact) mass is 229 g/mol. The van der Waals surface area contributed by atoms with Crippen molar-refractivity contribution in [1.82, 2.24) is 4.90 Å². The highest BCUT2D eigenvalue weighted by Crippen LogP contribution is 2.15. The Bertz CT molecular complexity index is 387. The van der Waals surface area contributed by atoms with Crippen molar-refractivity contribution in [3.05, 3.63) is 35.9 Å². The molecule has 0 radical (unpaired) electrons. The zero-order chi connectivity index (χ0) is 12.9. The lowest BCUT2D eigenvalue weighted by Gasteiger charge is -2.37. The predicted molar refractivity (Wildman–Crippen MR) is 74.9 cm³/mol. The molecule has 0 N–H and O–H groups in total. The highest BCUT2D eigenvalue weighted by molar-refractivity contribution is 5.33. The van der Waals surface area contributed by atoms with Crippen LogP contribution in [0.1, 0.15) is 40.2 Å². The van der Waals surface area contributed by atoms with Gasteiger partial charge in [-0.2, -0.15) is 0 Å². The van der Waals surface area contributed by atoms with Crippen molar-refractivity contribution in [1.29, 1.82) is 0 Å². The fourth-order valence-corrected chi connectivity index (χ4v) is 1.94. The SMILES string of the molecule is CC(C)N(CC#Cc1ccccc1)C(C)(C)C. The molecule has 1 nitrogen and oxygen atoms in total. The first-order chi connectivity index (χ1) is 7.91. The molecule has 0 unspecified atom stereocenters. The lowest BCUT2D eigenvalue weighted by Crippen LogP contribution is -2.45. The van der Waals surface area contributed by atoms with Crippen LogP contribution < -0.4 is 0 Å². The van der Waals surface area contributed by atoms with Crippen LogP contribution >= 0.6 is 0 Å². The van der Waals surface area contributed by atoms with Gasteiger partial charge in [0, 0.05) is 17.1 Å². The summed E-state index contributed by atoms with van der Waals surface area (Å²) >= 11 is 0. The molecule has 0 fully saturated rings. The Balaban J connectivity index is 2.69. The van der Waals surface area contributed by atoms with E-state index in [0.29, 0.717) is 6.04 Å². The molecule has 92 valence electrons. The summed E-state index contributed by atoms with van der Waals surface area (Å²) in [5.41, 5.74) is 1.25. The van der Waals surface area contributed by atoms with E-state index in [-0.39, 0.29) is 5.54 Å². The minimum absolute atomic E-state index is 0.166. The summed E-state index contributed by atoms with van der Waals surface area (Å²) in [6.45, 7) is 12.0. The zero-order valence-electron chi connectivity index (χ0n) is 11.6. The van der Waals surface area contributed by atoms with Crippen LogP contribution in [0.15, 0.2) is 30.3 Å². The zero-order valence-corrected chi connectivity index (χ0v) is 11.6. The van der Waals surface area contributed by atoms with Gasteiger partial charge in [0.2, 0.25) is 0 Å². The van der Waals surface area contributed by atoms with E-state index in [4.69, 9.17) is 0 Å². The van der Waals surface area contributed by atoms with E-state index in [0.717, 1.165) is 12.1 Å². The maximum absolute atomic E-state index is 3.27. The van der Waals surface area contributed by atoms with Gasteiger partial charge in [0.05, 0.1) is 6.54 Å². The molecule has 1 rings (SSSR count). The summed E-state index contributed by atoms with van der Waals surface area (Å²) in [5.74, 6) is 6.48. The number of nitrogens with zero attached hydrogens (tertiary/aromatic N) is 1. The van der Waals surface area contributed by atoms with Gasteiger partial charge in [0.15, 0.2) is 0 Å². The maximum Gasteiger partial charge on any atom is 0.0612 e. The predicted octanol–water partition coefficient (Wildman–Crippen LogP) is 3.55. The smallest absolute Gasteiger partial charge is 0.0612 e. The Labute approximate surface area is 106 Å². The minimum atomic E-state index is 0.166. The van der Waals surface area contributed by atoms with Crippen molar-refractivity contribution in [3.63, 3.8) is 0 Å². The van der Waals surface area contributed by atoms with Crippen LogP contribution in [0.4, 0.5) is 0 Å². The van der Waals surface area contributed by atoms with E-state index in [1.54, 1.807) is 0 Å². The van der Waals surface area contributed by atoms with Crippen molar-refractivity contribution in [2.45, 2.75) is 46.2 Å². The molecule has 0 spiro atoms. The van der Waals surface area contributed by atoms with Gasteiger partial charge in [-0.25, -0.2) is 0 Å². The van der Waals surface area contributed by atoms with Gasteiger partial charge in [0.1, 0.15) is 0 Å². The van der Waals surface area contributed by atoms with Gasteiger partial charge in [-0.05, 0) is 46.8 Å². The highest BCUT2D eigenvalue weighted by atomic mass is 15.2. The second-order valence-corrected chi connectivity index (χ2v) is 5.56. The Kier molecular flexibility index (Phi) is 4.78. The Hall–Kier alpha value is -1.26. The molecule has 1 heteroatoms. The van der Waals surface area contributed by atoms with E-state index in [1.165, 1.54) is 0 Å². The molecule has 0 aliphatic rings. The molecule has 0 aliphatic heterocycles. The summed E-state index contributed by atoms with van der Waals surface area (Å²) in [6, 6.07) is 10.7. The molecule has 0 amide bonds. The van der Waals surface area contributed by atoms with E-state index in [2.05, 4.69) is 51.4 Å². The van der Waals surface area contributed by atoms with E-state index >= 15 is 0 Å². The Morgan fingerprint density at radius 3 is 2.18 bits per heavy atom. The fraction of sp³-hybridized carbons (Fsp3) is 0.500. The number of hydrogen-bond donors (Lipinski definition) is 0. The largest absolute Gasteiger partial charge is 0.285 e. The normalized spacial score (nSPS) is 11.5. The number of hydrogen-bond acceptors (Lipinski definition) is 1. The molecule has 0 saturated heterocycles. The van der Waals surface area contributed by atoms with Gasteiger partial charge >= 0.3 is 0 Å². The van der Waals surface area contributed by atoms with Crippen LogP contribution in [0, 0.1) is 11.8 Å². The van der Waals surface area contributed by atoms with Gasteiger partial charge in [-0.1, -0.05) is 30.0 Å². The third-order valence-electron chi connectivity index (χ3n) is 2.74. The average Bonchev–Trinajstić information content (AvgIpc) is 2.23.